The normalized spacial score (nSPS) is 18.6. The van der Waals surface area contributed by atoms with Crippen molar-refractivity contribution in [1.82, 2.24) is 4.90 Å². The molecule has 0 aromatic heterocycles. The highest BCUT2D eigenvalue weighted by atomic mass is 35.5. The van der Waals surface area contributed by atoms with E-state index in [2.05, 4.69) is 19.2 Å². The molecule has 2 unspecified atom stereocenters. The SMILES string of the molecule is COc1ccc(NC(=O)c2ccc(OCC(=O)N3C(C)CCCC3C)cc2)cc1Cl. The van der Waals surface area contributed by atoms with Gasteiger partial charge in [-0.3, -0.25) is 9.59 Å². The minimum Gasteiger partial charge on any atom is -0.495 e. The molecule has 2 aromatic rings. The molecule has 0 aliphatic carbocycles. The zero-order valence-electron chi connectivity index (χ0n) is 17.5. The van der Waals surface area contributed by atoms with Crippen molar-refractivity contribution in [2.45, 2.75) is 45.2 Å². The first kappa shape index (κ1) is 22.0. The highest BCUT2D eigenvalue weighted by Crippen LogP contribution is 2.27. The number of benzene rings is 2. The van der Waals surface area contributed by atoms with E-state index in [0.29, 0.717) is 27.8 Å². The van der Waals surface area contributed by atoms with E-state index < -0.39 is 0 Å². The summed E-state index contributed by atoms with van der Waals surface area (Å²) in [7, 11) is 1.53. The van der Waals surface area contributed by atoms with Crippen LogP contribution < -0.4 is 14.8 Å². The number of carbonyl (C=O) groups is 2. The Bertz CT molecular complexity index is 891. The fourth-order valence-corrected chi connectivity index (χ4v) is 4.04. The van der Waals surface area contributed by atoms with Crippen LogP contribution in [0, 0.1) is 0 Å². The molecule has 3 rings (SSSR count). The maximum absolute atomic E-state index is 12.6. The summed E-state index contributed by atoms with van der Waals surface area (Å²) in [4.78, 5) is 26.9. The number of carbonyl (C=O) groups excluding carboxylic acids is 2. The van der Waals surface area contributed by atoms with Gasteiger partial charge in [0.05, 0.1) is 12.1 Å². The van der Waals surface area contributed by atoms with Crippen LogP contribution >= 0.6 is 11.6 Å². The molecule has 0 bridgehead atoms. The topological polar surface area (TPSA) is 67.9 Å². The molecule has 1 fully saturated rings. The summed E-state index contributed by atoms with van der Waals surface area (Å²) in [6.07, 6.45) is 3.21. The van der Waals surface area contributed by atoms with E-state index in [9.17, 15) is 9.59 Å². The van der Waals surface area contributed by atoms with Crippen LogP contribution in [0.3, 0.4) is 0 Å². The molecule has 2 amide bonds. The lowest BCUT2D eigenvalue weighted by Crippen LogP contribution is -2.49. The highest BCUT2D eigenvalue weighted by Gasteiger charge is 2.28. The fraction of sp³-hybridized carbons (Fsp3) is 0.391. The molecule has 2 aromatic carbocycles. The average molecular weight is 431 g/mol. The zero-order chi connectivity index (χ0) is 21.7. The van der Waals surface area contributed by atoms with Gasteiger partial charge in [0, 0.05) is 23.3 Å². The number of ether oxygens (including phenoxy) is 2. The highest BCUT2D eigenvalue weighted by molar-refractivity contribution is 6.32. The van der Waals surface area contributed by atoms with Gasteiger partial charge in [0.15, 0.2) is 6.61 Å². The van der Waals surface area contributed by atoms with Crippen LogP contribution in [0.1, 0.15) is 43.5 Å². The van der Waals surface area contributed by atoms with E-state index in [1.54, 1.807) is 42.5 Å². The van der Waals surface area contributed by atoms with Gasteiger partial charge < -0.3 is 19.7 Å². The summed E-state index contributed by atoms with van der Waals surface area (Å²) in [5.74, 6) is 0.812. The van der Waals surface area contributed by atoms with Crippen molar-refractivity contribution >= 4 is 29.1 Å². The Hall–Kier alpha value is -2.73. The molecule has 7 heteroatoms. The van der Waals surface area contributed by atoms with E-state index in [1.165, 1.54) is 7.11 Å². The zero-order valence-corrected chi connectivity index (χ0v) is 18.2. The smallest absolute Gasteiger partial charge is 0.260 e. The van der Waals surface area contributed by atoms with E-state index in [0.717, 1.165) is 19.3 Å². The number of anilines is 1. The van der Waals surface area contributed by atoms with E-state index in [-0.39, 0.29) is 30.5 Å². The lowest BCUT2D eigenvalue weighted by Gasteiger charge is -2.38. The average Bonchev–Trinajstić information content (AvgIpc) is 2.72. The third-order valence-electron chi connectivity index (χ3n) is 5.37. The van der Waals surface area contributed by atoms with Crippen molar-refractivity contribution in [3.05, 3.63) is 53.1 Å². The van der Waals surface area contributed by atoms with Crippen LogP contribution in [0.5, 0.6) is 11.5 Å². The summed E-state index contributed by atoms with van der Waals surface area (Å²) in [6.45, 7) is 4.15. The van der Waals surface area contributed by atoms with E-state index in [4.69, 9.17) is 21.1 Å². The number of rotatable bonds is 6. The Balaban J connectivity index is 1.56. The van der Waals surface area contributed by atoms with Crippen molar-refractivity contribution in [3.8, 4) is 11.5 Å². The summed E-state index contributed by atoms with van der Waals surface area (Å²) >= 11 is 6.09. The van der Waals surface area contributed by atoms with Crippen molar-refractivity contribution in [2.75, 3.05) is 19.0 Å². The number of halogens is 1. The van der Waals surface area contributed by atoms with Gasteiger partial charge in [-0.2, -0.15) is 0 Å². The third-order valence-corrected chi connectivity index (χ3v) is 5.67. The van der Waals surface area contributed by atoms with Gasteiger partial charge in [0.2, 0.25) is 0 Å². The lowest BCUT2D eigenvalue weighted by atomic mass is 9.97. The number of amides is 2. The van der Waals surface area contributed by atoms with Gasteiger partial charge in [-0.15, -0.1) is 0 Å². The number of hydrogen-bond donors (Lipinski definition) is 1. The first-order valence-electron chi connectivity index (χ1n) is 10.1. The lowest BCUT2D eigenvalue weighted by molar-refractivity contribution is -0.139. The third kappa shape index (κ3) is 5.25. The minimum atomic E-state index is -0.269. The molecule has 1 saturated heterocycles. The Morgan fingerprint density at radius 2 is 1.77 bits per heavy atom. The predicted molar refractivity (Wildman–Crippen MR) is 118 cm³/mol. The monoisotopic (exact) mass is 430 g/mol. The van der Waals surface area contributed by atoms with E-state index in [1.807, 2.05) is 4.90 Å². The predicted octanol–water partition coefficient (Wildman–Crippen LogP) is 4.77. The summed E-state index contributed by atoms with van der Waals surface area (Å²) < 4.78 is 10.8. The molecular formula is C23H27ClN2O4. The molecule has 2 atom stereocenters. The second-order valence-corrected chi connectivity index (χ2v) is 7.95. The molecule has 0 saturated carbocycles. The first-order valence-corrected chi connectivity index (χ1v) is 10.5. The van der Waals surface area contributed by atoms with Crippen molar-refractivity contribution in [3.63, 3.8) is 0 Å². The van der Waals surface area contributed by atoms with Crippen LogP contribution in [-0.2, 0) is 4.79 Å². The van der Waals surface area contributed by atoms with Crippen LogP contribution in [0.25, 0.3) is 0 Å². The summed E-state index contributed by atoms with van der Waals surface area (Å²) in [5.41, 5.74) is 1.04. The molecular weight excluding hydrogens is 404 g/mol. The van der Waals surface area contributed by atoms with Crippen LogP contribution in [0.15, 0.2) is 42.5 Å². The molecule has 160 valence electrons. The summed E-state index contributed by atoms with van der Waals surface area (Å²) in [5, 5.41) is 3.21. The Morgan fingerprint density at radius 3 is 2.37 bits per heavy atom. The molecule has 6 nitrogen and oxygen atoms in total. The van der Waals surface area contributed by atoms with Gasteiger partial charge in [-0.25, -0.2) is 0 Å². The largest absolute Gasteiger partial charge is 0.495 e. The second kappa shape index (κ2) is 9.85. The Morgan fingerprint density at radius 1 is 1.10 bits per heavy atom. The van der Waals surface area contributed by atoms with Gasteiger partial charge >= 0.3 is 0 Å². The van der Waals surface area contributed by atoms with Gasteiger partial charge in [-0.1, -0.05) is 11.6 Å². The number of nitrogens with zero attached hydrogens (tertiary/aromatic N) is 1. The minimum absolute atomic E-state index is 0.00657. The number of piperidine rings is 1. The molecule has 0 radical (unpaired) electrons. The van der Waals surface area contributed by atoms with Crippen LogP contribution in [-0.4, -0.2) is 42.5 Å². The quantitative estimate of drug-likeness (QED) is 0.716. The molecule has 0 spiro atoms. The molecule has 30 heavy (non-hydrogen) atoms. The van der Waals surface area contributed by atoms with Gasteiger partial charge in [0.1, 0.15) is 11.5 Å². The maximum Gasteiger partial charge on any atom is 0.260 e. The van der Waals surface area contributed by atoms with Gasteiger partial charge in [-0.05, 0) is 75.6 Å². The van der Waals surface area contributed by atoms with Crippen molar-refractivity contribution in [2.24, 2.45) is 0 Å². The number of nitrogens with one attached hydrogen (secondary N) is 1. The standard InChI is InChI=1S/C23H27ClN2O4/c1-15-5-4-6-16(2)26(15)22(27)14-30-19-10-7-17(8-11-19)23(28)25-18-9-12-21(29-3)20(24)13-18/h7-13,15-16H,4-6,14H2,1-3H3,(H,25,28). The molecule has 1 N–H and O–H groups in total. The Kier molecular flexibility index (Phi) is 7.21. The molecule has 1 aliphatic heterocycles. The first-order chi connectivity index (χ1) is 14.4. The second-order valence-electron chi connectivity index (χ2n) is 7.55. The Labute approximate surface area is 182 Å². The number of methoxy groups -OCH3 is 1. The summed E-state index contributed by atoms with van der Waals surface area (Å²) in [6, 6.07) is 12.2. The van der Waals surface area contributed by atoms with Crippen LogP contribution in [0.2, 0.25) is 5.02 Å². The number of likely N-dealkylation sites (tertiary alicyclic amines) is 1. The van der Waals surface area contributed by atoms with Gasteiger partial charge in [0.25, 0.3) is 11.8 Å². The maximum atomic E-state index is 12.6. The number of hydrogen-bond acceptors (Lipinski definition) is 4. The van der Waals surface area contributed by atoms with Crippen molar-refractivity contribution in [1.29, 1.82) is 0 Å². The fourth-order valence-electron chi connectivity index (χ4n) is 3.78. The van der Waals surface area contributed by atoms with Crippen LogP contribution in [0.4, 0.5) is 5.69 Å². The molecule has 1 heterocycles. The van der Waals surface area contributed by atoms with Crippen molar-refractivity contribution < 1.29 is 19.1 Å². The van der Waals surface area contributed by atoms with E-state index >= 15 is 0 Å². The molecule has 1 aliphatic rings.